The van der Waals surface area contributed by atoms with Gasteiger partial charge in [-0.15, -0.1) is 0 Å². The molecule has 0 fully saturated rings. The van der Waals surface area contributed by atoms with Crippen molar-refractivity contribution in [1.29, 1.82) is 0 Å². The van der Waals surface area contributed by atoms with Crippen molar-refractivity contribution >= 4 is 6.29 Å². The molecule has 11 heavy (non-hydrogen) atoms. The van der Waals surface area contributed by atoms with Crippen LogP contribution >= 0.6 is 0 Å². The Morgan fingerprint density at radius 1 is 1.64 bits per heavy atom. The summed E-state index contributed by atoms with van der Waals surface area (Å²) in [4.78, 5) is 18.0. The lowest BCUT2D eigenvalue weighted by molar-refractivity contribution is 0.111. The highest BCUT2D eigenvalue weighted by Gasteiger charge is 2.00. The average Bonchev–Trinajstić information content (AvgIpc) is 2.04. The highest BCUT2D eigenvalue weighted by molar-refractivity contribution is 5.71. The van der Waals surface area contributed by atoms with Gasteiger partial charge >= 0.3 is 0 Å². The molecular weight excluding hydrogens is 144 g/mol. The zero-order valence-corrected chi connectivity index (χ0v) is 6.37. The topological polar surface area (TPSA) is 52.1 Å². The lowest BCUT2D eigenvalue weighted by atomic mass is 10.4. The SMILES string of the molecule is COc1ncc(C=O)nc1C. The van der Waals surface area contributed by atoms with Gasteiger partial charge < -0.3 is 4.74 Å². The molecule has 0 radical (unpaired) electrons. The predicted molar refractivity (Wildman–Crippen MR) is 38.7 cm³/mol. The van der Waals surface area contributed by atoms with Gasteiger partial charge in [0.05, 0.1) is 13.3 Å². The fourth-order valence-electron chi connectivity index (χ4n) is 0.746. The van der Waals surface area contributed by atoms with E-state index in [1.165, 1.54) is 13.3 Å². The molecule has 4 heteroatoms. The second kappa shape index (κ2) is 3.09. The van der Waals surface area contributed by atoms with Gasteiger partial charge in [-0.3, -0.25) is 4.79 Å². The number of hydrogen-bond donors (Lipinski definition) is 0. The molecule has 1 rings (SSSR count). The lowest BCUT2D eigenvalue weighted by Gasteiger charge is -2.00. The molecule has 0 atom stereocenters. The van der Waals surface area contributed by atoms with Crippen molar-refractivity contribution < 1.29 is 9.53 Å². The van der Waals surface area contributed by atoms with Gasteiger partial charge in [0.1, 0.15) is 11.4 Å². The van der Waals surface area contributed by atoms with Gasteiger partial charge in [-0.05, 0) is 6.92 Å². The van der Waals surface area contributed by atoms with E-state index in [1.54, 1.807) is 6.92 Å². The van der Waals surface area contributed by atoms with Crippen LogP contribution in [0.4, 0.5) is 0 Å². The number of methoxy groups -OCH3 is 1. The Labute approximate surface area is 64.2 Å². The minimum Gasteiger partial charge on any atom is -0.480 e. The molecule has 1 heterocycles. The first-order valence-corrected chi connectivity index (χ1v) is 3.10. The number of aromatic nitrogens is 2. The molecule has 0 aliphatic carbocycles. The van der Waals surface area contributed by atoms with E-state index in [4.69, 9.17) is 4.74 Å². The van der Waals surface area contributed by atoms with Crippen LogP contribution in [0.1, 0.15) is 16.2 Å². The quantitative estimate of drug-likeness (QED) is 0.582. The first-order valence-electron chi connectivity index (χ1n) is 3.10. The van der Waals surface area contributed by atoms with E-state index in [-0.39, 0.29) is 0 Å². The fraction of sp³-hybridized carbons (Fsp3) is 0.286. The third-order valence-electron chi connectivity index (χ3n) is 1.23. The summed E-state index contributed by atoms with van der Waals surface area (Å²) in [5.74, 6) is 0.454. The number of carbonyl (C=O) groups is 1. The fourth-order valence-corrected chi connectivity index (χ4v) is 0.746. The largest absolute Gasteiger partial charge is 0.480 e. The van der Waals surface area contributed by atoms with Crippen molar-refractivity contribution in [2.24, 2.45) is 0 Å². The van der Waals surface area contributed by atoms with Gasteiger partial charge in [0.15, 0.2) is 6.29 Å². The minimum absolute atomic E-state index is 0.323. The van der Waals surface area contributed by atoms with Crippen LogP contribution in [-0.4, -0.2) is 23.4 Å². The Bertz CT molecular complexity index is 273. The van der Waals surface area contributed by atoms with Crippen molar-refractivity contribution in [1.82, 2.24) is 9.97 Å². The second-order valence-corrected chi connectivity index (χ2v) is 2.01. The Morgan fingerprint density at radius 3 is 2.82 bits per heavy atom. The van der Waals surface area contributed by atoms with Crippen molar-refractivity contribution in [3.63, 3.8) is 0 Å². The number of ether oxygens (including phenoxy) is 1. The highest BCUT2D eigenvalue weighted by atomic mass is 16.5. The van der Waals surface area contributed by atoms with Crippen LogP contribution in [-0.2, 0) is 0 Å². The normalized spacial score (nSPS) is 9.27. The Hall–Kier alpha value is -1.45. The van der Waals surface area contributed by atoms with E-state index in [0.29, 0.717) is 23.6 Å². The standard InChI is InChI=1S/C7H8N2O2/c1-5-7(11-2)8-3-6(4-10)9-5/h3-4H,1-2H3. The summed E-state index contributed by atoms with van der Waals surface area (Å²) in [5.41, 5.74) is 0.945. The maximum Gasteiger partial charge on any atom is 0.235 e. The summed E-state index contributed by atoms with van der Waals surface area (Å²) < 4.78 is 4.85. The van der Waals surface area contributed by atoms with Crippen molar-refractivity contribution in [3.05, 3.63) is 17.6 Å². The van der Waals surface area contributed by atoms with Gasteiger partial charge in [-0.25, -0.2) is 9.97 Å². The summed E-state index contributed by atoms with van der Waals surface area (Å²) in [5, 5.41) is 0. The minimum atomic E-state index is 0.323. The molecule has 0 bridgehead atoms. The summed E-state index contributed by atoms with van der Waals surface area (Å²) in [6.45, 7) is 1.73. The molecule has 0 aliphatic heterocycles. The van der Waals surface area contributed by atoms with Crippen LogP contribution in [0, 0.1) is 6.92 Å². The van der Waals surface area contributed by atoms with Crippen LogP contribution in [0.15, 0.2) is 6.20 Å². The van der Waals surface area contributed by atoms with Crippen molar-refractivity contribution in [2.45, 2.75) is 6.92 Å². The zero-order chi connectivity index (χ0) is 8.27. The number of aryl methyl sites for hydroxylation is 1. The van der Waals surface area contributed by atoms with Crippen LogP contribution in [0.2, 0.25) is 0 Å². The Morgan fingerprint density at radius 2 is 2.36 bits per heavy atom. The molecule has 0 saturated carbocycles. The van der Waals surface area contributed by atoms with Crippen LogP contribution in [0.3, 0.4) is 0 Å². The van der Waals surface area contributed by atoms with Crippen LogP contribution in [0.25, 0.3) is 0 Å². The lowest BCUT2D eigenvalue weighted by Crippen LogP contribution is -1.97. The summed E-state index contributed by atoms with van der Waals surface area (Å²) in [7, 11) is 1.51. The van der Waals surface area contributed by atoms with E-state index in [9.17, 15) is 4.79 Å². The molecule has 0 aromatic carbocycles. The van der Waals surface area contributed by atoms with E-state index < -0.39 is 0 Å². The highest BCUT2D eigenvalue weighted by Crippen LogP contribution is 2.08. The molecule has 58 valence electrons. The van der Waals surface area contributed by atoms with E-state index >= 15 is 0 Å². The first-order chi connectivity index (χ1) is 5.27. The average molecular weight is 152 g/mol. The summed E-state index contributed by atoms with van der Waals surface area (Å²) in [6.07, 6.45) is 2.03. The Kier molecular flexibility index (Phi) is 2.15. The van der Waals surface area contributed by atoms with Gasteiger partial charge in [-0.2, -0.15) is 0 Å². The van der Waals surface area contributed by atoms with Crippen molar-refractivity contribution in [3.8, 4) is 5.88 Å². The number of rotatable bonds is 2. The zero-order valence-electron chi connectivity index (χ0n) is 6.37. The van der Waals surface area contributed by atoms with E-state index in [0.717, 1.165) is 0 Å². The van der Waals surface area contributed by atoms with E-state index in [2.05, 4.69) is 9.97 Å². The third kappa shape index (κ3) is 1.52. The second-order valence-electron chi connectivity index (χ2n) is 2.01. The molecule has 0 amide bonds. The molecule has 0 unspecified atom stereocenters. The molecule has 0 spiro atoms. The van der Waals surface area contributed by atoms with Gasteiger partial charge in [0.25, 0.3) is 0 Å². The third-order valence-corrected chi connectivity index (χ3v) is 1.23. The van der Waals surface area contributed by atoms with Gasteiger partial charge in [-0.1, -0.05) is 0 Å². The molecule has 0 aliphatic rings. The number of carbonyl (C=O) groups excluding carboxylic acids is 1. The van der Waals surface area contributed by atoms with Gasteiger partial charge in [0.2, 0.25) is 5.88 Å². The molecule has 1 aromatic rings. The molecule has 0 N–H and O–H groups in total. The van der Waals surface area contributed by atoms with Gasteiger partial charge in [0, 0.05) is 0 Å². The summed E-state index contributed by atoms with van der Waals surface area (Å²) in [6, 6.07) is 0. The first kappa shape index (κ1) is 7.65. The maximum absolute atomic E-state index is 10.2. The number of hydrogen-bond acceptors (Lipinski definition) is 4. The van der Waals surface area contributed by atoms with Crippen molar-refractivity contribution in [2.75, 3.05) is 7.11 Å². The molecule has 4 nitrogen and oxygen atoms in total. The van der Waals surface area contributed by atoms with Crippen LogP contribution < -0.4 is 4.74 Å². The maximum atomic E-state index is 10.2. The Balaban J connectivity index is 3.09. The smallest absolute Gasteiger partial charge is 0.235 e. The molecular formula is C7H8N2O2. The number of nitrogens with zero attached hydrogens (tertiary/aromatic N) is 2. The van der Waals surface area contributed by atoms with Crippen LogP contribution in [0.5, 0.6) is 5.88 Å². The van der Waals surface area contributed by atoms with E-state index in [1.807, 2.05) is 0 Å². The predicted octanol–water partition coefficient (Wildman–Crippen LogP) is 0.606. The molecule has 0 saturated heterocycles. The molecule has 1 aromatic heterocycles. The summed E-state index contributed by atoms with van der Waals surface area (Å²) >= 11 is 0. The monoisotopic (exact) mass is 152 g/mol. The number of aldehydes is 1.